The molecule has 1 amide bonds. The number of aryl methyl sites for hydroxylation is 1. The van der Waals surface area contributed by atoms with Gasteiger partial charge in [0.05, 0.1) is 36.6 Å². The minimum Gasteiger partial charge on any atom is -0.393 e. The van der Waals surface area contributed by atoms with Crippen molar-refractivity contribution in [3.8, 4) is 0 Å². The highest BCUT2D eigenvalue weighted by Crippen LogP contribution is 2.38. The summed E-state index contributed by atoms with van der Waals surface area (Å²) in [5.41, 5.74) is 2.61. The molecule has 0 unspecified atom stereocenters. The smallest absolute Gasteiger partial charge is 0.254 e. The minimum absolute atomic E-state index is 0.160. The van der Waals surface area contributed by atoms with Gasteiger partial charge in [0.15, 0.2) is 0 Å². The molecule has 2 aromatic heterocycles. The van der Waals surface area contributed by atoms with Crippen LogP contribution in [0.3, 0.4) is 0 Å². The lowest BCUT2D eigenvalue weighted by Crippen LogP contribution is -2.41. The number of nitrogens with zero attached hydrogens (tertiary/aromatic N) is 4. The van der Waals surface area contributed by atoms with Crippen LogP contribution in [0.5, 0.6) is 0 Å². The Morgan fingerprint density at radius 3 is 2.67 bits per heavy atom. The lowest BCUT2D eigenvalue weighted by Gasteiger charge is -2.37. The van der Waals surface area contributed by atoms with Gasteiger partial charge in [-0.25, -0.2) is 0 Å². The van der Waals surface area contributed by atoms with E-state index in [1.807, 2.05) is 43.6 Å². The second-order valence-corrected chi connectivity index (χ2v) is 7.20. The maximum atomic E-state index is 12.8. The third-order valence-electron chi connectivity index (χ3n) is 5.07. The first kappa shape index (κ1) is 17.5. The van der Waals surface area contributed by atoms with Crippen molar-refractivity contribution in [2.75, 3.05) is 0 Å². The third kappa shape index (κ3) is 3.93. The van der Waals surface area contributed by atoms with Gasteiger partial charge >= 0.3 is 0 Å². The molecule has 0 bridgehead atoms. The van der Waals surface area contributed by atoms with Crippen LogP contribution < -0.4 is 5.32 Å². The molecule has 7 nitrogen and oxygen atoms in total. The van der Waals surface area contributed by atoms with E-state index in [1.54, 1.807) is 28.0 Å². The van der Waals surface area contributed by atoms with Gasteiger partial charge in [-0.15, -0.1) is 0 Å². The Balaban J connectivity index is 1.46. The van der Waals surface area contributed by atoms with Gasteiger partial charge < -0.3 is 10.4 Å². The number of amides is 1. The predicted octanol–water partition coefficient (Wildman–Crippen LogP) is 1.91. The molecule has 1 aromatic carbocycles. The Labute approximate surface area is 157 Å². The van der Waals surface area contributed by atoms with E-state index < -0.39 is 0 Å². The van der Waals surface area contributed by atoms with Crippen molar-refractivity contribution in [3.63, 3.8) is 0 Å². The third-order valence-corrected chi connectivity index (χ3v) is 5.07. The molecular formula is C20H23N5O2. The molecule has 0 radical (unpaired) electrons. The summed E-state index contributed by atoms with van der Waals surface area (Å²) in [6.07, 6.45) is 8.13. The van der Waals surface area contributed by atoms with E-state index in [0.717, 1.165) is 11.1 Å². The summed E-state index contributed by atoms with van der Waals surface area (Å²) in [5.74, 6) is 0.0528. The van der Waals surface area contributed by atoms with Crippen LogP contribution in [0.1, 0.15) is 40.4 Å². The zero-order chi connectivity index (χ0) is 18.8. The average Bonchev–Trinajstić information content (AvgIpc) is 3.27. The van der Waals surface area contributed by atoms with Crippen LogP contribution >= 0.6 is 0 Å². The number of hydrogen-bond acceptors (Lipinski definition) is 4. The molecule has 1 saturated carbocycles. The number of rotatable bonds is 6. The number of aliphatic hydroxyl groups is 1. The number of benzene rings is 1. The van der Waals surface area contributed by atoms with Crippen molar-refractivity contribution < 1.29 is 9.90 Å². The molecule has 0 saturated heterocycles. The Hall–Kier alpha value is -2.93. The predicted molar refractivity (Wildman–Crippen MR) is 99.9 cm³/mol. The standard InChI is InChI=1S/C20H23N5O2/c1-24-12-16(9-21-24)19(15-7-18(26)8-15)23-20(27)17-10-22-25(13-17)11-14-5-3-2-4-6-14/h2-6,9-10,12-13,15,18-19,26H,7-8,11H2,1H3,(H,23,27)/t15?,18?,19-/m0/s1. The Morgan fingerprint density at radius 2 is 2.00 bits per heavy atom. The van der Waals surface area contributed by atoms with Crippen molar-refractivity contribution in [3.05, 3.63) is 71.8 Å². The van der Waals surface area contributed by atoms with E-state index in [4.69, 9.17) is 0 Å². The number of carbonyl (C=O) groups excluding carboxylic acids is 1. The molecule has 7 heteroatoms. The summed E-state index contributed by atoms with van der Waals surface area (Å²) in [6, 6.07) is 9.84. The quantitative estimate of drug-likeness (QED) is 0.699. The van der Waals surface area contributed by atoms with Gasteiger partial charge in [0.2, 0.25) is 0 Å². The molecule has 0 aliphatic heterocycles. The second kappa shape index (κ2) is 7.36. The zero-order valence-electron chi connectivity index (χ0n) is 15.2. The molecule has 27 heavy (non-hydrogen) atoms. The van der Waals surface area contributed by atoms with Crippen LogP contribution in [0.25, 0.3) is 0 Å². The van der Waals surface area contributed by atoms with E-state index in [-0.39, 0.29) is 24.0 Å². The molecule has 2 N–H and O–H groups in total. The van der Waals surface area contributed by atoms with Gasteiger partial charge in [-0.3, -0.25) is 14.2 Å². The first-order chi connectivity index (χ1) is 13.1. The van der Waals surface area contributed by atoms with Crippen LogP contribution in [-0.4, -0.2) is 36.7 Å². The molecule has 1 atom stereocenters. The van der Waals surface area contributed by atoms with Gasteiger partial charge in [-0.05, 0) is 24.3 Å². The van der Waals surface area contributed by atoms with Crippen LogP contribution in [0, 0.1) is 5.92 Å². The topological polar surface area (TPSA) is 85.0 Å². The molecule has 1 fully saturated rings. The lowest BCUT2D eigenvalue weighted by atomic mass is 9.75. The largest absolute Gasteiger partial charge is 0.393 e. The van der Waals surface area contributed by atoms with Crippen molar-refractivity contribution in [2.45, 2.75) is 31.5 Å². The van der Waals surface area contributed by atoms with Gasteiger partial charge in [-0.1, -0.05) is 30.3 Å². The highest BCUT2D eigenvalue weighted by Gasteiger charge is 2.36. The fourth-order valence-corrected chi connectivity index (χ4v) is 3.54. The summed E-state index contributed by atoms with van der Waals surface area (Å²) >= 11 is 0. The summed E-state index contributed by atoms with van der Waals surface area (Å²) in [4.78, 5) is 12.8. The van der Waals surface area contributed by atoms with Crippen LogP contribution in [0.2, 0.25) is 0 Å². The van der Waals surface area contributed by atoms with Crippen LogP contribution in [0.4, 0.5) is 0 Å². The van der Waals surface area contributed by atoms with Crippen molar-refractivity contribution in [1.82, 2.24) is 24.9 Å². The number of nitrogens with one attached hydrogen (secondary N) is 1. The molecular weight excluding hydrogens is 342 g/mol. The number of aromatic nitrogens is 4. The van der Waals surface area contributed by atoms with Crippen LogP contribution in [0.15, 0.2) is 55.1 Å². The maximum absolute atomic E-state index is 12.8. The summed E-state index contributed by atoms with van der Waals surface area (Å²) in [6.45, 7) is 0.620. The lowest BCUT2D eigenvalue weighted by molar-refractivity contribution is 0.0235. The Bertz CT molecular complexity index is 911. The second-order valence-electron chi connectivity index (χ2n) is 7.20. The molecule has 0 spiro atoms. The monoisotopic (exact) mass is 365 g/mol. The Morgan fingerprint density at radius 1 is 1.22 bits per heavy atom. The maximum Gasteiger partial charge on any atom is 0.254 e. The van der Waals surface area contributed by atoms with E-state index >= 15 is 0 Å². The van der Waals surface area contributed by atoms with E-state index in [1.165, 1.54) is 0 Å². The summed E-state index contributed by atoms with van der Waals surface area (Å²) < 4.78 is 3.48. The van der Waals surface area contributed by atoms with E-state index in [2.05, 4.69) is 15.5 Å². The number of hydrogen-bond donors (Lipinski definition) is 2. The first-order valence-corrected chi connectivity index (χ1v) is 9.12. The van der Waals surface area contributed by atoms with Crippen molar-refractivity contribution in [2.24, 2.45) is 13.0 Å². The van der Waals surface area contributed by atoms with Crippen molar-refractivity contribution in [1.29, 1.82) is 0 Å². The summed E-state index contributed by atoms with van der Waals surface area (Å²) in [7, 11) is 1.85. The fourth-order valence-electron chi connectivity index (χ4n) is 3.54. The van der Waals surface area contributed by atoms with Gasteiger partial charge in [0.25, 0.3) is 5.91 Å². The van der Waals surface area contributed by atoms with Gasteiger partial charge in [0, 0.05) is 25.0 Å². The van der Waals surface area contributed by atoms with E-state index in [9.17, 15) is 9.90 Å². The van der Waals surface area contributed by atoms with Crippen LogP contribution in [-0.2, 0) is 13.6 Å². The van der Waals surface area contributed by atoms with Crippen molar-refractivity contribution >= 4 is 5.91 Å². The molecule has 140 valence electrons. The SMILES string of the molecule is Cn1cc([C@@H](NC(=O)c2cnn(Cc3ccccc3)c2)C2CC(O)C2)cn1. The molecule has 3 aromatic rings. The van der Waals surface area contributed by atoms with E-state index in [0.29, 0.717) is 24.9 Å². The molecule has 4 rings (SSSR count). The molecule has 2 heterocycles. The highest BCUT2D eigenvalue weighted by atomic mass is 16.3. The zero-order valence-corrected chi connectivity index (χ0v) is 15.2. The first-order valence-electron chi connectivity index (χ1n) is 9.12. The highest BCUT2D eigenvalue weighted by molar-refractivity contribution is 5.94. The average molecular weight is 365 g/mol. The molecule has 1 aliphatic carbocycles. The van der Waals surface area contributed by atoms with Gasteiger partial charge in [-0.2, -0.15) is 10.2 Å². The normalized spacial score (nSPS) is 20.1. The fraction of sp³-hybridized carbons (Fsp3) is 0.350. The Kier molecular flexibility index (Phi) is 4.77. The summed E-state index contributed by atoms with van der Waals surface area (Å²) in [5, 5.41) is 21.3. The minimum atomic E-state index is -0.278. The number of aliphatic hydroxyl groups excluding tert-OH is 1. The van der Waals surface area contributed by atoms with Gasteiger partial charge in [0.1, 0.15) is 0 Å². The number of carbonyl (C=O) groups is 1. The molecule has 1 aliphatic rings.